The van der Waals surface area contributed by atoms with Gasteiger partial charge in [-0.15, -0.1) is 0 Å². The molecule has 23 heavy (non-hydrogen) atoms. The number of Topliss-reactive ketones (excluding diaryl/α,β-unsaturated/α-hetero) is 1. The first-order chi connectivity index (χ1) is 11.0. The molecule has 2 aromatic rings. The molecule has 3 nitrogen and oxygen atoms in total. The van der Waals surface area contributed by atoms with Crippen molar-refractivity contribution >= 4 is 17.4 Å². The zero-order valence-electron chi connectivity index (χ0n) is 12.9. The number of anilines is 1. The quantitative estimate of drug-likeness (QED) is 0.865. The maximum absolute atomic E-state index is 13.5. The molecule has 0 spiro atoms. The highest BCUT2D eigenvalue weighted by Gasteiger charge is 2.45. The number of rotatable bonds is 4. The van der Waals surface area contributed by atoms with Gasteiger partial charge in [-0.3, -0.25) is 9.59 Å². The first-order valence-electron chi connectivity index (χ1n) is 7.70. The van der Waals surface area contributed by atoms with Gasteiger partial charge in [0.2, 0.25) is 5.91 Å². The molecule has 0 saturated heterocycles. The van der Waals surface area contributed by atoms with Crippen LogP contribution in [-0.2, 0) is 10.2 Å². The van der Waals surface area contributed by atoms with Gasteiger partial charge in [-0.1, -0.05) is 30.7 Å². The van der Waals surface area contributed by atoms with Crippen molar-refractivity contribution in [3.63, 3.8) is 0 Å². The van der Waals surface area contributed by atoms with Gasteiger partial charge in [0.1, 0.15) is 5.82 Å². The number of ketones is 1. The van der Waals surface area contributed by atoms with E-state index in [4.69, 9.17) is 0 Å². The Bertz CT molecular complexity index is 765. The Morgan fingerprint density at radius 3 is 2.43 bits per heavy atom. The molecular weight excluding hydrogens is 293 g/mol. The Morgan fingerprint density at radius 1 is 1.09 bits per heavy atom. The van der Waals surface area contributed by atoms with Crippen molar-refractivity contribution in [2.75, 3.05) is 5.32 Å². The van der Waals surface area contributed by atoms with E-state index in [-0.39, 0.29) is 17.5 Å². The van der Waals surface area contributed by atoms with E-state index in [1.807, 2.05) is 0 Å². The summed E-state index contributed by atoms with van der Waals surface area (Å²) in [5.74, 6) is -0.622. The molecule has 4 heteroatoms. The number of hydrogen-bond donors (Lipinski definition) is 1. The lowest BCUT2D eigenvalue weighted by molar-refractivity contribution is -0.124. The minimum Gasteiger partial charge on any atom is -0.325 e. The summed E-state index contributed by atoms with van der Waals surface area (Å²) in [6.07, 6.45) is 2.30. The summed E-state index contributed by atoms with van der Waals surface area (Å²) in [6.45, 7) is 1.47. The van der Waals surface area contributed by atoms with E-state index in [0.717, 1.165) is 6.42 Å². The number of nitrogens with one attached hydrogen (secondary N) is 1. The van der Waals surface area contributed by atoms with Crippen LogP contribution < -0.4 is 5.32 Å². The Kier molecular flexibility index (Phi) is 3.99. The maximum Gasteiger partial charge on any atom is 0.235 e. The minimum absolute atomic E-state index is 0.102. The molecular formula is C19H18FNO2. The molecule has 3 rings (SSSR count). The lowest BCUT2D eigenvalue weighted by Crippen LogP contribution is -2.46. The third kappa shape index (κ3) is 2.77. The van der Waals surface area contributed by atoms with Crippen LogP contribution >= 0.6 is 0 Å². The molecule has 0 bridgehead atoms. The highest BCUT2D eigenvalue weighted by Crippen LogP contribution is 2.44. The Labute approximate surface area is 134 Å². The third-order valence-electron chi connectivity index (χ3n) is 4.57. The van der Waals surface area contributed by atoms with Crippen LogP contribution in [0.2, 0.25) is 0 Å². The summed E-state index contributed by atoms with van der Waals surface area (Å²) < 4.78 is 13.5. The van der Waals surface area contributed by atoms with E-state index >= 15 is 0 Å². The summed E-state index contributed by atoms with van der Waals surface area (Å²) in [5.41, 5.74) is 0.982. The number of carbonyl (C=O) groups is 2. The average molecular weight is 311 g/mol. The highest BCUT2D eigenvalue weighted by molar-refractivity contribution is 6.06. The van der Waals surface area contributed by atoms with Crippen LogP contribution in [0.3, 0.4) is 0 Å². The normalized spacial score (nSPS) is 15.6. The van der Waals surface area contributed by atoms with Gasteiger partial charge in [-0.2, -0.15) is 0 Å². The number of hydrogen-bond acceptors (Lipinski definition) is 2. The molecule has 1 N–H and O–H groups in total. The zero-order chi connectivity index (χ0) is 16.4. The SMILES string of the molecule is CC(=O)c1ccccc1NC(=O)C1(c2cccc(F)c2)CCC1. The smallest absolute Gasteiger partial charge is 0.235 e. The molecule has 0 aromatic heterocycles. The molecule has 1 fully saturated rings. The average Bonchev–Trinajstić information content (AvgIpc) is 2.46. The molecule has 0 unspecified atom stereocenters. The standard InChI is InChI=1S/C19H18FNO2/c1-13(22)16-8-2-3-9-17(16)21-18(23)19(10-5-11-19)14-6-4-7-15(20)12-14/h2-4,6-9,12H,5,10-11H2,1H3,(H,21,23). The highest BCUT2D eigenvalue weighted by atomic mass is 19.1. The topological polar surface area (TPSA) is 46.2 Å². The van der Waals surface area contributed by atoms with Crippen LogP contribution in [0.1, 0.15) is 42.1 Å². The molecule has 1 aliphatic carbocycles. The first kappa shape index (κ1) is 15.4. The molecule has 1 saturated carbocycles. The van der Waals surface area contributed by atoms with Gasteiger partial charge in [0.15, 0.2) is 5.78 Å². The molecule has 1 amide bonds. The molecule has 0 radical (unpaired) electrons. The summed E-state index contributed by atoms with van der Waals surface area (Å²) >= 11 is 0. The lowest BCUT2D eigenvalue weighted by atomic mass is 9.63. The summed E-state index contributed by atoms with van der Waals surface area (Å²) in [7, 11) is 0. The van der Waals surface area contributed by atoms with E-state index in [1.54, 1.807) is 36.4 Å². The predicted octanol–water partition coefficient (Wildman–Crippen LogP) is 4.09. The fourth-order valence-electron chi connectivity index (χ4n) is 3.10. The van der Waals surface area contributed by atoms with Crippen molar-refractivity contribution in [1.29, 1.82) is 0 Å². The van der Waals surface area contributed by atoms with Crippen LogP contribution in [0.4, 0.5) is 10.1 Å². The van der Waals surface area contributed by atoms with Gasteiger partial charge < -0.3 is 5.32 Å². The predicted molar refractivity (Wildman–Crippen MR) is 87.0 cm³/mol. The third-order valence-corrected chi connectivity index (χ3v) is 4.57. The van der Waals surface area contributed by atoms with Crippen LogP contribution in [0.5, 0.6) is 0 Å². The van der Waals surface area contributed by atoms with Crippen molar-refractivity contribution in [2.24, 2.45) is 0 Å². The van der Waals surface area contributed by atoms with E-state index in [0.29, 0.717) is 29.7 Å². The summed E-state index contributed by atoms with van der Waals surface area (Å²) in [6, 6.07) is 13.2. The molecule has 0 atom stereocenters. The van der Waals surface area contributed by atoms with E-state index in [1.165, 1.54) is 19.1 Å². The van der Waals surface area contributed by atoms with Gasteiger partial charge in [0.25, 0.3) is 0 Å². The number of amides is 1. The van der Waals surface area contributed by atoms with Gasteiger partial charge in [0.05, 0.1) is 11.1 Å². The van der Waals surface area contributed by atoms with Crippen LogP contribution in [0.25, 0.3) is 0 Å². The largest absolute Gasteiger partial charge is 0.325 e. The van der Waals surface area contributed by atoms with Gasteiger partial charge in [-0.05, 0) is 49.6 Å². The van der Waals surface area contributed by atoms with E-state index < -0.39 is 5.41 Å². The summed E-state index contributed by atoms with van der Waals surface area (Å²) in [5, 5.41) is 2.87. The van der Waals surface area contributed by atoms with Gasteiger partial charge >= 0.3 is 0 Å². The molecule has 1 aliphatic rings. The van der Waals surface area contributed by atoms with Crippen molar-refractivity contribution in [3.05, 3.63) is 65.5 Å². The van der Waals surface area contributed by atoms with Gasteiger partial charge in [0, 0.05) is 5.56 Å². The minimum atomic E-state index is -0.702. The number of benzene rings is 2. The fourth-order valence-corrected chi connectivity index (χ4v) is 3.10. The van der Waals surface area contributed by atoms with Crippen LogP contribution in [0.15, 0.2) is 48.5 Å². The Hall–Kier alpha value is -2.49. The fraction of sp³-hybridized carbons (Fsp3) is 0.263. The first-order valence-corrected chi connectivity index (χ1v) is 7.70. The molecule has 118 valence electrons. The Morgan fingerprint density at radius 2 is 1.83 bits per heavy atom. The second-order valence-electron chi connectivity index (χ2n) is 6.00. The van der Waals surface area contributed by atoms with Crippen molar-refractivity contribution < 1.29 is 14.0 Å². The number of halogens is 1. The second kappa shape index (κ2) is 5.95. The van der Waals surface area contributed by atoms with Crippen LogP contribution in [0, 0.1) is 5.82 Å². The monoisotopic (exact) mass is 311 g/mol. The zero-order valence-corrected chi connectivity index (χ0v) is 12.9. The maximum atomic E-state index is 13.5. The lowest BCUT2D eigenvalue weighted by Gasteiger charge is -2.40. The van der Waals surface area contributed by atoms with E-state index in [9.17, 15) is 14.0 Å². The Balaban J connectivity index is 1.92. The number of para-hydroxylation sites is 1. The second-order valence-corrected chi connectivity index (χ2v) is 6.00. The summed E-state index contributed by atoms with van der Waals surface area (Å²) in [4.78, 5) is 24.6. The van der Waals surface area contributed by atoms with Crippen molar-refractivity contribution in [2.45, 2.75) is 31.6 Å². The van der Waals surface area contributed by atoms with Crippen molar-refractivity contribution in [3.8, 4) is 0 Å². The molecule has 0 heterocycles. The molecule has 2 aromatic carbocycles. The van der Waals surface area contributed by atoms with Gasteiger partial charge in [-0.25, -0.2) is 4.39 Å². The molecule has 0 aliphatic heterocycles. The van der Waals surface area contributed by atoms with E-state index in [2.05, 4.69) is 5.32 Å². The van der Waals surface area contributed by atoms with Crippen LogP contribution in [-0.4, -0.2) is 11.7 Å². The van der Waals surface area contributed by atoms with Crippen molar-refractivity contribution in [1.82, 2.24) is 0 Å². The number of carbonyl (C=O) groups excluding carboxylic acids is 2.